The third-order valence-electron chi connectivity index (χ3n) is 2.45. The van der Waals surface area contributed by atoms with E-state index in [9.17, 15) is 19.3 Å². The molecule has 0 unspecified atom stereocenters. The Labute approximate surface area is 101 Å². The number of hydrogen-bond donors (Lipinski definition) is 0. The normalized spacial score (nSPS) is 10.3. The molecule has 6 heteroatoms. The lowest BCUT2D eigenvalue weighted by Gasteiger charge is -2.05. The van der Waals surface area contributed by atoms with Crippen molar-refractivity contribution in [3.8, 4) is 0 Å². The number of benzene rings is 1. The fourth-order valence-corrected chi connectivity index (χ4v) is 1.55. The van der Waals surface area contributed by atoms with Gasteiger partial charge in [0, 0.05) is 24.4 Å². The number of nitro benzene ring substituents is 1. The predicted molar refractivity (Wildman–Crippen MR) is 62.9 cm³/mol. The molecule has 0 radical (unpaired) electrons. The quantitative estimate of drug-likeness (QED) is 0.616. The zero-order chi connectivity index (χ0) is 13.1. The van der Waals surface area contributed by atoms with Crippen LogP contribution in [0.2, 0.25) is 0 Å². The van der Waals surface area contributed by atoms with Gasteiger partial charge in [-0.2, -0.15) is 0 Å². The van der Waals surface area contributed by atoms with E-state index in [0.717, 1.165) is 18.3 Å². The molecule has 0 N–H and O–H groups in total. The average molecular weight is 248 g/mol. The zero-order valence-corrected chi connectivity index (χ0v) is 9.25. The molecule has 0 amide bonds. The molecule has 0 spiro atoms. The molecule has 0 aliphatic heterocycles. The van der Waals surface area contributed by atoms with Crippen molar-refractivity contribution in [1.29, 1.82) is 0 Å². The summed E-state index contributed by atoms with van der Waals surface area (Å²) in [5.74, 6) is -0.503. The highest BCUT2D eigenvalue weighted by molar-refractivity contribution is 5.32. The summed E-state index contributed by atoms with van der Waals surface area (Å²) in [5, 5.41) is 10.5. The van der Waals surface area contributed by atoms with Crippen molar-refractivity contribution >= 4 is 5.69 Å². The molecule has 18 heavy (non-hydrogen) atoms. The Morgan fingerprint density at radius 3 is 2.44 bits per heavy atom. The third kappa shape index (κ3) is 2.60. The van der Waals surface area contributed by atoms with Gasteiger partial charge in [0.2, 0.25) is 0 Å². The number of pyridine rings is 1. The first kappa shape index (κ1) is 12.0. The maximum atomic E-state index is 13.0. The van der Waals surface area contributed by atoms with Crippen LogP contribution in [0.5, 0.6) is 0 Å². The van der Waals surface area contributed by atoms with E-state index in [4.69, 9.17) is 0 Å². The van der Waals surface area contributed by atoms with Crippen LogP contribution in [0.15, 0.2) is 47.4 Å². The monoisotopic (exact) mass is 248 g/mol. The minimum absolute atomic E-state index is 0.0228. The van der Waals surface area contributed by atoms with E-state index in [1.54, 1.807) is 0 Å². The second-order valence-electron chi connectivity index (χ2n) is 3.74. The van der Waals surface area contributed by atoms with Gasteiger partial charge in [0.15, 0.2) is 0 Å². The number of nitro groups is 1. The molecule has 2 rings (SSSR count). The first-order valence-electron chi connectivity index (χ1n) is 5.15. The fourth-order valence-electron chi connectivity index (χ4n) is 1.55. The highest BCUT2D eigenvalue weighted by atomic mass is 19.1. The van der Waals surface area contributed by atoms with Gasteiger partial charge in [-0.15, -0.1) is 0 Å². The molecule has 0 aliphatic rings. The van der Waals surface area contributed by atoms with Gasteiger partial charge in [-0.25, -0.2) is 4.39 Å². The maximum Gasteiger partial charge on any atom is 0.269 e. The van der Waals surface area contributed by atoms with E-state index in [-0.39, 0.29) is 17.8 Å². The Morgan fingerprint density at radius 2 is 1.83 bits per heavy atom. The molecular weight excluding hydrogens is 239 g/mol. The van der Waals surface area contributed by atoms with Gasteiger partial charge < -0.3 is 4.57 Å². The molecule has 5 nitrogen and oxygen atoms in total. The van der Waals surface area contributed by atoms with Crippen LogP contribution in [0.3, 0.4) is 0 Å². The maximum absolute atomic E-state index is 13.0. The van der Waals surface area contributed by atoms with Crippen LogP contribution in [0.4, 0.5) is 10.1 Å². The SMILES string of the molecule is O=c1ccc(F)cn1Cc1ccc([N+](=O)[O-])cc1. The largest absolute Gasteiger partial charge is 0.308 e. The van der Waals surface area contributed by atoms with Crippen LogP contribution in [-0.4, -0.2) is 9.49 Å². The van der Waals surface area contributed by atoms with Crippen molar-refractivity contribution in [2.24, 2.45) is 0 Å². The lowest BCUT2D eigenvalue weighted by atomic mass is 10.2. The van der Waals surface area contributed by atoms with Crippen molar-refractivity contribution in [3.05, 3.63) is 74.4 Å². The molecule has 1 aromatic carbocycles. The lowest BCUT2D eigenvalue weighted by molar-refractivity contribution is -0.384. The molecule has 1 aromatic heterocycles. The van der Waals surface area contributed by atoms with E-state index in [2.05, 4.69) is 0 Å². The molecule has 0 aliphatic carbocycles. The van der Waals surface area contributed by atoms with Gasteiger partial charge >= 0.3 is 0 Å². The van der Waals surface area contributed by atoms with Crippen LogP contribution in [-0.2, 0) is 6.54 Å². The number of nitrogens with zero attached hydrogens (tertiary/aromatic N) is 2. The van der Waals surface area contributed by atoms with E-state index in [0.29, 0.717) is 5.56 Å². The molecule has 92 valence electrons. The molecule has 0 atom stereocenters. The zero-order valence-electron chi connectivity index (χ0n) is 9.25. The molecule has 0 bridgehead atoms. The Kier molecular flexibility index (Phi) is 3.18. The van der Waals surface area contributed by atoms with Gasteiger partial charge in [-0.3, -0.25) is 14.9 Å². The highest BCUT2D eigenvalue weighted by Gasteiger charge is 2.05. The smallest absolute Gasteiger partial charge is 0.269 e. The summed E-state index contributed by atoms with van der Waals surface area (Å²) in [6.07, 6.45) is 1.10. The van der Waals surface area contributed by atoms with Gasteiger partial charge in [0.1, 0.15) is 5.82 Å². The Balaban J connectivity index is 2.26. The number of hydrogen-bond acceptors (Lipinski definition) is 3. The van der Waals surface area contributed by atoms with Crippen molar-refractivity contribution in [2.75, 3.05) is 0 Å². The summed E-state index contributed by atoms with van der Waals surface area (Å²) in [6, 6.07) is 8.00. The van der Waals surface area contributed by atoms with Crippen molar-refractivity contribution in [3.63, 3.8) is 0 Å². The summed E-state index contributed by atoms with van der Waals surface area (Å²) in [7, 11) is 0. The molecule has 0 saturated heterocycles. The van der Waals surface area contributed by atoms with Crippen LogP contribution in [0.25, 0.3) is 0 Å². The van der Waals surface area contributed by atoms with E-state index >= 15 is 0 Å². The van der Waals surface area contributed by atoms with Crippen molar-refractivity contribution < 1.29 is 9.31 Å². The Morgan fingerprint density at radius 1 is 1.17 bits per heavy atom. The second-order valence-corrected chi connectivity index (χ2v) is 3.74. The van der Waals surface area contributed by atoms with Crippen molar-refractivity contribution in [2.45, 2.75) is 6.54 Å². The summed E-state index contributed by atoms with van der Waals surface area (Å²) < 4.78 is 14.2. The topological polar surface area (TPSA) is 65.1 Å². The minimum Gasteiger partial charge on any atom is -0.308 e. The van der Waals surface area contributed by atoms with Crippen LogP contribution in [0, 0.1) is 15.9 Å². The molecule has 0 fully saturated rings. The van der Waals surface area contributed by atoms with E-state index in [1.165, 1.54) is 28.8 Å². The van der Waals surface area contributed by atoms with Crippen molar-refractivity contribution in [1.82, 2.24) is 4.57 Å². The third-order valence-corrected chi connectivity index (χ3v) is 2.45. The number of rotatable bonds is 3. The summed E-state index contributed by atoms with van der Waals surface area (Å²) in [6.45, 7) is 0.175. The highest BCUT2D eigenvalue weighted by Crippen LogP contribution is 2.12. The number of non-ortho nitro benzene ring substituents is 1. The summed E-state index contributed by atoms with van der Waals surface area (Å²) in [5.41, 5.74) is 0.341. The van der Waals surface area contributed by atoms with Gasteiger partial charge in [0.05, 0.1) is 11.5 Å². The predicted octanol–water partition coefficient (Wildman–Crippen LogP) is 1.94. The minimum atomic E-state index is -0.503. The summed E-state index contributed by atoms with van der Waals surface area (Å²) in [4.78, 5) is 21.4. The molecule has 0 saturated carbocycles. The van der Waals surface area contributed by atoms with Gasteiger partial charge in [-0.05, 0) is 11.6 Å². The molecule has 2 aromatic rings. The van der Waals surface area contributed by atoms with Gasteiger partial charge in [-0.1, -0.05) is 12.1 Å². The standard InChI is InChI=1S/C12H9FN2O3/c13-10-3-6-12(16)14(8-10)7-9-1-4-11(5-2-9)15(17)18/h1-6,8H,7H2. The fraction of sp³-hybridized carbons (Fsp3) is 0.0833. The lowest BCUT2D eigenvalue weighted by Crippen LogP contribution is -2.19. The van der Waals surface area contributed by atoms with E-state index < -0.39 is 10.7 Å². The van der Waals surface area contributed by atoms with E-state index in [1.807, 2.05) is 0 Å². The summed E-state index contributed by atoms with van der Waals surface area (Å²) >= 11 is 0. The average Bonchev–Trinajstić information content (AvgIpc) is 2.34. The second kappa shape index (κ2) is 4.79. The van der Waals surface area contributed by atoms with Crippen LogP contribution in [0.1, 0.15) is 5.56 Å². The number of halogens is 1. The molecular formula is C12H9FN2O3. The Bertz CT molecular complexity index is 635. The Hall–Kier alpha value is -2.50. The van der Waals surface area contributed by atoms with Gasteiger partial charge in [0.25, 0.3) is 11.2 Å². The van der Waals surface area contributed by atoms with Crippen LogP contribution >= 0.6 is 0 Å². The first-order valence-corrected chi connectivity index (χ1v) is 5.15. The number of aromatic nitrogens is 1. The van der Waals surface area contributed by atoms with Crippen LogP contribution < -0.4 is 5.56 Å². The first-order chi connectivity index (χ1) is 8.56. The molecule has 1 heterocycles.